The summed E-state index contributed by atoms with van der Waals surface area (Å²) >= 11 is 0. The van der Waals surface area contributed by atoms with Crippen molar-refractivity contribution >= 4 is 12.0 Å². The van der Waals surface area contributed by atoms with E-state index in [4.69, 9.17) is 37.9 Å². The first-order valence-electron chi connectivity index (χ1n) is 17.0. The van der Waals surface area contributed by atoms with Crippen LogP contribution in [0.3, 0.4) is 0 Å². The zero-order valence-corrected chi connectivity index (χ0v) is 29.2. The molecule has 0 amide bonds. The maximum absolute atomic E-state index is 13.3. The normalized spacial score (nSPS) is 35.9. The Balaban J connectivity index is 1.41. The molecule has 300 valence electrons. The molecule has 5 rings (SSSR count). The first-order chi connectivity index (χ1) is 25.7. The maximum Gasteiger partial charge on any atom is 0.331 e. The summed E-state index contributed by atoms with van der Waals surface area (Å²) in [4.78, 5) is 13.3. The Labute approximate surface area is 308 Å². The van der Waals surface area contributed by atoms with Crippen LogP contribution in [0.4, 0.5) is 0 Å². The van der Waals surface area contributed by atoms with Gasteiger partial charge in [0.05, 0.1) is 33.0 Å². The van der Waals surface area contributed by atoms with Crippen LogP contribution in [-0.4, -0.2) is 170 Å². The Kier molecular flexibility index (Phi) is 14.1. The summed E-state index contributed by atoms with van der Waals surface area (Å²) in [5.41, 5.74) is 0.911. The van der Waals surface area contributed by atoms with E-state index in [2.05, 4.69) is 0 Å². The van der Waals surface area contributed by atoms with Crippen molar-refractivity contribution in [2.45, 2.75) is 99.4 Å². The van der Waals surface area contributed by atoms with E-state index in [1.54, 1.807) is 12.1 Å². The van der Waals surface area contributed by atoms with Crippen molar-refractivity contribution in [1.29, 1.82) is 0 Å². The van der Waals surface area contributed by atoms with E-state index in [-0.39, 0.29) is 30.1 Å². The number of aliphatic hydroxyl groups is 7. The number of methoxy groups -OCH3 is 1. The summed E-state index contributed by atoms with van der Waals surface area (Å²) in [7, 11) is 1.40. The number of phenols is 3. The van der Waals surface area contributed by atoms with Crippen LogP contribution in [0.5, 0.6) is 23.0 Å². The third kappa shape index (κ3) is 9.76. The predicted octanol–water partition coefficient (Wildman–Crippen LogP) is -2.25. The van der Waals surface area contributed by atoms with E-state index in [1.807, 2.05) is 0 Å². The van der Waals surface area contributed by atoms with Gasteiger partial charge in [0.2, 0.25) is 0 Å². The summed E-state index contributed by atoms with van der Waals surface area (Å²) < 4.78 is 45.3. The Morgan fingerprint density at radius 3 is 2.22 bits per heavy atom. The van der Waals surface area contributed by atoms with E-state index >= 15 is 0 Å². The lowest BCUT2D eigenvalue weighted by Crippen LogP contribution is -2.65. The van der Waals surface area contributed by atoms with E-state index in [9.17, 15) is 55.9 Å². The predicted molar refractivity (Wildman–Crippen MR) is 179 cm³/mol. The number of benzene rings is 2. The molecule has 3 fully saturated rings. The van der Waals surface area contributed by atoms with E-state index in [0.717, 1.165) is 6.08 Å². The number of carbonyl (C=O) groups excluding carboxylic acids is 1. The van der Waals surface area contributed by atoms with Gasteiger partial charge in [0.15, 0.2) is 48.0 Å². The molecule has 0 bridgehead atoms. The molecule has 10 N–H and O–H groups in total. The van der Waals surface area contributed by atoms with Gasteiger partial charge in [0.25, 0.3) is 0 Å². The molecule has 3 aliphatic rings. The number of hydrogen-bond donors (Lipinski definition) is 10. The smallest absolute Gasteiger partial charge is 0.331 e. The minimum absolute atomic E-state index is 0.112. The fourth-order valence-corrected chi connectivity index (χ4v) is 6.03. The van der Waals surface area contributed by atoms with Crippen LogP contribution >= 0.6 is 0 Å². The van der Waals surface area contributed by atoms with Crippen molar-refractivity contribution in [3.05, 3.63) is 53.6 Å². The van der Waals surface area contributed by atoms with Crippen LogP contribution in [0.1, 0.15) is 18.1 Å². The molecule has 0 spiro atoms. The van der Waals surface area contributed by atoms with Gasteiger partial charge in [0, 0.05) is 6.08 Å². The van der Waals surface area contributed by atoms with E-state index in [0.29, 0.717) is 5.56 Å². The SMILES string of the molecule is COc1ccc(CCO[C@@H]2O[C@@H](CO[C@@H]3OC[C@@H](O)[C@H](O)[C@H]3O)[C@@H](OC(=O)C=Cc3ccc(O)c(O)c3)[C@H](O[C@@H]3O[C@@H](C)[C@@H](O)[C@@H](O)[C@@H]3O)[C@H]2O)cc1O. The van der Waals surface area contributed by atoms with Gasteiger partial charge in [-0.05, 0) is 54.8 Å². The van der Waals surface area contributed by atoms with Crippen LogP contribution in [-0.2, 0) is 44.4 Å². The molecule has 14 atom stereocenters. The first-order valence-corrected chi connectivity index (χ1v) is 17.0. The van der Waals surface area contributed by atoms with Crippen LogP contribution in [0.2, 0.25) is 0 Å². The quantitative estimate of drug-likeness (QED) is 0.0585. The average molecular weight is 771 g/mol. The van der Waals surface area contributed by atoms with Gasteiger partial charge < -0.3 is 89.0 Å². The van der Waals surface area contributed by atoms with Crippen LogP contribution in [0.15, 0.2) is 42.5 Å². The Hall–Kier alpha value is -3.67. The van der Waals surface area contributed by atoms with Crippen molar-refractivity contribution in [3.8, 4) is 23.0 Å². The molecule has 0 aromatic heterocycles. The van der Waals surface area contributed by atoms with Crippen molar-refractivity contribution < 1.29 is 93.8 Å². The fraction of sp³-hybridized carbons (Fsp3) is 0.571. The third-order valence-corrected chi connectivity index (χ3v) is 9.17. The number of hydrogen-bond acceptors (Lipinski definition) is 19. The summed E-state index contributed by atoms with van der Waals surface area (Å²) in [5.74, 6) is -1.75. The van der Waals surface area contributed by atoms with E-state index < -0.39 is 117 Å². The van der Waals surface area contributed by atoms with Gasteiger partial charge in [0.1, 0.15) is 54.9 Å². The second-order valence-corrected chi connectivity index (χ2v) is 13.0. The first kappa shape index (κ1) is 41.5. The third-order valence-electron chi connectivity index (χ3n) is 9.17. The standard InChI is InChI=1S/C35H46O19/c1-15-25(41)27(43)29(45)35(51-15)54-32-30(46)34(48-10-9-17-4-7-22(47-2)20(38)12-17)52-23(14-50-33-28(44)26(42)21(39)13-49-33)31(32)53-24(40)8-5-16-3-6-18(36)19(37)11-16/h3-8,11-12,15,21,23,25-39,41-46H,9-10,13-14H2,1-2H3/t15-,21+,23-,25+,26-,27+,28+,29-,30+,31+,32+,33-,34+,35-/m0/s1. The molecule has 54 heavy (non-hydrogen) atoms. The Morgan fingerprint density at radius 2 is 1.52 bits per heavy atom. The number of ether oxygens (including phenoxy) is 8. The molecule has 2 aromatic carbocycles. The van der Waals surface area contributed by atoms with Gasteiger partial charge in [-0.3, -0.25) is 0 Å². The van der Waals surface area contributed by atoms with Gasteiger partial charge >= 0.3 is 5.97 Å². The zero-order valence-electron chi connectivity index (χ0n) is 29.2. The van der Waals surface area contributed by atoms with Gasteiger partial charge in [-0.1, -0.05) is 12.1 Å². The summed E-state index contributed by atoms with van der Waals surface area (Å²) in [6, 6.07) is 8.44. The molecular formula is C35H46O19. The van der Waals surface area contributed by atoms with E-state index in [1.165, 1.54) is 44.4 Å². The summed E-state index contributed by atoms with van der Waals surface area (Å²) in [6.07, 6.45) is -19.8. The monoisotopic (exact) mass is 770 g/mol. The van der Waals surface area contributed by atoms with Gasteiger partial charge in [-0.25, -0.2) is 4.79 Å². The molecule has 2 aromatic rings. The van der Waals surface area contributed by atoms with Crippen molar-refractivity contribution in [2.24, 2.45) is 0 Å². The molecule has 0 aliphatic carbocycles. The highest BCUT2D eigenvalue weighted by atomic mass is 16.8. The minimum Gasteiger partial charge on any atom is -0.504 e. The highest BCUT2D eigenvalue weighted by Gasteiger charge is 2.53. The number of esters is 1. The Bertz CT molecular complexity index is 1570. The molecule has 0 saturated carbocycles. The van der Waals surface area contributed by atoms with Crippen LogP contribution in [0, 0.1) is 0 Å². The van der Waals surface area contributed by atoms with Gasteiger partial charge in [-0.15, -0.1) is 0 Å². The fourth-order valence-electron chi connectivity index (χ4n) is 6.03. The van der Waals surface area contributed by atoms with Crippen molar-refractivity contribution in [3.63, 3.8) is 0 Å². The number of aliphatic hydroxyl groups excluding tert-OH is 7. The Morgan fingerprint density at radius 1 is 0.778 bits per heavy atom. The number of rotatable bonds is 13. The molecule has 0 radical (unpaired) electrons. The second-order valence-electron chi connectivity index (χ2n) is 13.0. The summed E-state index contributed by atoms with van der Waals surface area (Å²) in [6.45, 7) is 0.313. The number of phenolic OH excluding ortho intramolecular Hbond substituents is 3. The van der Waals surface area contributed by atoms with Crippen LogP contribution < -0.4 is 4.74 Å². The average Bonchev–Trinajstić information content (AvgIpc) is 3.14. The number of aromatic hydroxyl groups is 3. The summed E-state index contributed by atoms with van der Waals surface area (Å²) in [5, 5.41) is 103. The number of carbonyl (C=O) groups is 1. The zero-order chi connectivity index (χ0) is 39.3. The topological polar surface area (TPSA) is 293 Å². The molecule has 3 heterocycles. The lowest BCUT2D eigenvalue weighted by molar-refractivity contribution is -0.362. The molecule has 19 nitrogen and oxygen atoms in total. The van der Waals surface area contributed by atoms with Crippen molar-refractivity contribution in [2.75, 3.05) is 26.9 Å². The second kappa shape index (κ2) is 18.3. The largest absolute Gasteiger partial charge is 0.504 e. The molecule has 3 aliphatic heterocycles. The van der Waals surface area contributed by atoms with Crippen molar-refractivity contribution in [1.82, 2.24) is 0 Å². The lowest BCUT2D eigenvalue weighted by atomic mass is 9.96. The molecule has 0 unspecified atom stereocenters. The lowest BCUT2D eigenvalue weighted by Gasteiger charge is -2.47. The maximum atomic E-state index is 13.3. The molecule has 3 saturated heterocycles. The molecule has 19 heteroatoms. The molecular weight excluding hydrogens is 724 g/mol. The highest BCUT2D eigenvalue weighted by molar-refractivity contribution is 5.87. The minimum atomic E-state index is -1.85. The van der Waals surface area contributed by atoms with Crippen LogP contribution in [0.25, 0.3) is 6.08 Å². The highest BCUT2D eigenvalue weighted by Crippen LogP contribution is 2.33. The van der Waals surface area contributed by atoms with Gasteiger partial charge in [-0.2, -0.15) is 0 Å².